The van der Waals surface area contributed by atoms with Gasteiger partial charge in [-0.3, -0.25) is 0 Å². The van der Waals surface area contributed by atoms with Crippen molar-refractivity contribution >= 4 is 74.8 Å². The fraction of sp³-hybridized carbons (Fsp3) is 0.542. The summed E-state index contributed by atoms with van der Waals surface area (Å²) in [5.41, 5.74) is 21.0. The van der Waals surface area contributed by atoms with Gasteiger partial charge in [0.25, 0.3) is 0 Å². The summed E-state index contributed by atoms with van der Waals surface area (Å²) >= 11 is 2.64. The second kappa shape index (κ2) is 20.5. The molecule has 344 valence electrons. The summed E-state index contributed by atoms with van der Waals surface area (Å²) in [6.07, 6.45) is 0. The first-order valence-corrected chi connectivity index (χ1v) is 23.6. The van der Waals surface area contributed by atoms with Crippen LogP contribution in [0.25, 0.3) is 0 Å². The number of rotatable bonds is 13. The normalized spacial score (nSPS) is 13.3. The topological polar surface area (TPSA) is 29.2 Å². The molecule has 0 heterocycles. The monoisotopic (exact) mass is 961 g/mol. The molecule has 9 nitrogen and oxygen atoms in total. The minimum Gasteiger partial charge on any atom is -1.00 e. The van der Waals surface area contributed by atoms with Gasteiger partial charge in [-0.1, -0.05) is 0 Å². The molecule has 0 saturated carbocycles. The Hall–Kier alpha value is -2.86. The first-order valence-electron chi connectivity index (χ1n) is 20.8. The van der Waals surface area contributed by atoms with Gasteiger partial charge in [0.1, 0.15) is 0 Å². The zero-order valence-corrected chi connectivity index (χ0v) is 47.7. The van der Waals surface area contributed by atoms with Crippen LogP contribution in [0.4, 0.5) is 51.2 Å². The molecule has 14 heteroatoms. The maximum absolute atomic E-state index is 3.56. The number of benzene rings is 3. The van der Waals surface area contributed by atoms with Crippen LogP contribution in [-0.4, -0.2) is 135 Å². The summed E-state index contributed by atoms with van der Waals surface area (Å²) in [5.74, 6) is 0. The molecular formula is C48H78Cl3N9SiTi. The van der Waals surface area contributed by atoms with Gasteiger partial charge in [-0.05, 0) is 0 Å². The van der Waals surface area contributed by atoms with Gasteiger partial charge in [0.05, 0.1) is 0 Å². The van der Waals surface area contributed by atoms with E-state index in [0.29, 0.717) is 0 Å². The molecule has 1 aliphatic carbocycles. The minimum absolute atomic E-state index is 0. The molecule has 0 unspecified atom stereocenters. The molecule has 1 aliphatic rings. The quantitative estimate of drug-likeness (QED) is 0.138. The zero-order chi connectivity index (χ0) is 45.3. The Kier molecular flexibility index (Phi) is 18.9. The Morgan fingerprint density at radius 3 is 0.694 bits per heavy atom. The molecule has 0 aromatic heterocycles. The zero-order valence-electron chi connectivity index (χ0n) is 42.9. The Balaban J connectivity index is 0.00000641. The Morgan fingerprint density at radius 2 is 0.532 bits per heavy atom. The third-order valence-electron chi connectivity index (χ3n) is 13.2. The van der Waals surface area contributed by atoms with Crippen molar-refractivity contribution in [2.75, 3.05) is 171 Å². The third-order valence-corrected chi connectivity index (χ3v) is 22.2. The van der Waals surface area contributed by atoms with Gasteiger partial charge >= 0.3 is 375 Å². The van der Waals surface area contributed by atoms with Crippen LogP contribution in [0.1, 0.15) is 44.4 Å². The van der Waals surface area contributed by atoms with E-state index >= 15 is 0 Å². The van der Waals surface area contributed by atoms with Crippen LogP contribution in [0.3, 0.4) is 0 Å². The number of hydrogen-bond donors (Lipinski definition) is 0. The van der Waals surface area contributed by atoms with Crippen molar-refractivity contribution in [2.24, 2.45) is 0 Å². The van der Waals surface area contributed by atoms with E-state index in [9.17, 15) is 0 Å². The van der Waals surface area contributed by atoms with Crippen LogP contribution < -0.4 is 96.9 Å². The number of halogens is 3. The largest absolute Gasteiger partial charge is 1.00 e. The van der Waals surface area contributed by atoms with Gasteiger partial charge in [-0.25, -0.2) is 0 Å². The van der Waals surface area contributed by atoms with Crippen molar-refractivity contribution in [3.63, 3.8) is 0 Å². The Labute approximate surface area is 409 Å². The number of hydrogen-bond acceptors (Lipinski definition) is 9. The van der Waals surface area contributed by atoms with Crippen LogP contribution in [-0.2, 0) is 20.4 Å². The molecule has 3 aromatic rings. The van der Waals surface area contributed by atoms with E-state index in [1.54, 1.807) is 0 Å². The van der Waals surface area contributed by atoms with E-state index in [1.165, 1.54) is 106 Å². The molecule has 0 N–H and O–H groups in total. The van der Waals surface area contributed by atoms with Crippen molar-refractivity contribution in [1.82, 2.24) is 0 Å². The average molecular weight is 964 g/mol. The van der Waals surface area contributed by atoms with Gasteiger partial charge in [-0.15, -0.1) is 0 Å². The van der Waals surface area contributed by atoms with Crippen molar-refractivity contribution < 1.29 is 57.7 Å². The van der Waals surface area contributed by atoms with Crippen LogP contribution in [0, 0.1) is 20.8 Å². The third kappa shape index (κ3) is 8.67. The summed E-state index contributed by atoms with van der Waals surface area (Å²) in [6, 6.07) is 7.48. The molecular weight excluding hydrogens is 885 g/mol. The van der Waals surface area contributed by atoms with Crippen LogP contribution in [0.5, 0.6) is 0 Å². The first-order chi connectivity index (χ1) is 27.1. The van der Waals surface area contributed by atoms with Crippen LogP contribution in [0.2, 0.25) is 3.34 Å². The van der Waals surface area contributed by atoms with E-state index in [1.807, 2.05) is 0 Å². The second-order valence-electron chi connectivity index (χ2n) is 18.8. The molecule has 0 fully saturated rings. The van der Waals surface area contributed by atoms with Crippen molar-refractivity contribution in [1.29, 1.82) is 0 Å². The molecule has 0 spiro atoms. The number of nitrogens with zero attached hydrogens (tertiary/aromatic N) is 9. The molecule has 0 aliphatic heterocycles. The molecule has 3 aromatic carbocycles. The molecule has 4 rings (SSSR count). The Morgan fingerprint density at radius 1 is 0.339 bits per heavy atom. The van der Waals surface area contributed by atoms with E-state index < -0.39 is 11.4 Å². The summed E-state index contributed by atoms with van der Waals surface area (Å²) in [5, 5.41) is 4.38. The molecule has 0 amide bonds. The van der Waals surface area contributed by atoms with E-state index in [4.69, 9.17) is 0 Å². The van der Waals surface area contributed by atoms with Gasteiger partial charge < -0.3 is 37.2 Å². The van der Waals surface area contributed by atoms with Crippen molar-refractivity contribution in [3.05, 3.63) is 57.2 Å². The fourth-order valence-corrected chi connectivity index (χ4v) is 20.2. The first kappa shape index (κ1) is 57.2. The Bertz CT molecular complexity index is 1970. The molecule has 0 saturated heterocycles. The SMILES string of the molecule is CC1=C(C)[C]([Ti+3])([Si](c2c(N(C)C)cc(N(C)C)c(N(C)C)c2C)(c2c(N(C)C)cc(N(C)C)c(N(C)C)c2C)c2c(N(C)C)cc(N(C)C)c(N(C)C)c2C)C(C)=C1C.[Cl-].[Cl-].[Cl-]. The maximum atomic E-state index is 2.64. The van der Waals surface area contributed by atoms with Crippen molar-refractivity contribution in [2.45, 2.75) is 51.8 Å². The second-order valence-corrected chi connectivity index (χ2v) is 24.5. The smallest absolute Gasteiger partial charge is 1.00 e. The predicted molar refractivity (Wildman–Crippen MR) is 267 cm³/mol. The van der Waals surface area contributed by atoms with E-state index in [0.717, 1.165) is 0 Å². The number of anilines is 9. The predicted octanol–water partition coefficient (Wildman–Crippen LogP) is -2.38. The van der Waals surface area contributed by atoms with Crippen molar-refractivity contribution in [3.8, 4) is 0 Å². The van der Waals surface area contributed by atoms with Crippen LogP contribution in [0.15, 0.2) is 40.5 Å². The van der Waals surface area contributed by atoms with Gasteiger partial charge in [0.15, 0.2) is 0 Å². The van der Waals surface area contributed by atoms with E-state index in [2.05, 4.69) is 258 Å². The fourth-order valence-electron chi connectivity index (χ4n) is 10.4. The molecule has 0 bridgehead atoms. The van der Waals surface area contributed by atoms with Gasteiger partial charge in [-0.2, -0.15) is 0 Å². The summed E-state index contributed by atoms with van der Waals surface area (Å²) in [4.78, 5) is 21.2. The van der Waals surface area contributed by atoms with Gasteiger partial charge in [0, 0.05) is 0 Å². The standard InChI is InChI=1S/C48H78N9Si.3ClH.Ti/c1-29-30(2)32(4)45(31(29)3)58(46-33(5)42(55(20)21)36(49(8)9)26-39(46)52(14)15,47-34(6)43(56(22)23)37(50(10)11)27-40(47)53(16)17)48-35(7)44(57(24)25)38(51(12)13)28-41(48)54(18)19;;;;/h26-28H,1-25H3;3*1H;/q;;;;+3/p-3. The van der Waals surface area contributed by atoms with Crippen LogP contribution >= 0.6 is 0 Å². The number of allylic oxidation sites excluding steroid dienone is 4. The van der Waals surface area contributed by atoms with Gasteiger partial charge in [0.2, 0.25) is 0 Å². The molecule has 0 radical (unpaired) electrons. The minimum atomic E-state index is -3.56. The maximum Gasteiger partial charge on any atom is -1.00 e. The average Bonchev–Trinajstić information content (AvgIpc) is 3.26. The summed E-state index contributed by atoms with van der Waals surface area (Å²) in [7, 11) is 36.4. The summed E-state index contributed by atoms with van der Waals surface area (Å²) in [6.45, 7) is 17.0. The van der Waals surface area contributed by atoms with E-state index in [-0.39, 0.29) is 37.2 Å². The summed E-state index contributed by atoms with van der Waals surface area (Å²) < 4.78 is -0.405. The molecule has 62 heavy (non-hydrogen) atoms. The molecule has 0 atom stereocenters.